The molecule has 1 fully saturated rings. The molecule has 0 aliphatic carbocycles. The fraction of sp³-hybridized carbons (Fsp3) is 0.276. The van der Waals surface area contributed by atoms with Gasteiger partial charge in [0.1, 0.15) is 5.75 Å². The van der Waals surface area contributed by atoms with Crippen LogP contribution in [0.25, 0.3) is 10.8 Å². The summed E-state index contributed by atoms with van der Waals surface area (Å²) in [5.41, 5.74) is 2.03. The van der Waals surface area contributed by atoms with Gasteiger partial charge in [-0.1, -0.05) is 60.7 Å². The van der Waals surface area contributed by atoms with E-state index in [2.05, 4.69) is 15.3 Å². The van der Waals surface area contributed by atoms with Crippen molar-refractivity contribution in [2.45, 2.75) is 12.6 Å². The highest BCUT2D eigenvalue weighted by Gasteiger charge is 2.25. The molecule has 4 aromatic rings. The molecule has 8 nitrogen and oxygen atoms in total. The standard InChI is InChI=1S/C29H30N4O4/c1-36-23-13-11-22(12-14-23)26(32-15-17-37-18-16-32)19-30-28(34)27-24-9-5-6-10-25(24)29(35)33(31-27)20-21-7-3-2-4-8-21/h2-14,26H,15-20H2,1H3,(H,30,34)/t26-/m0/s1. The van der Waals surface area contributed by atoms with Crippen LogP contribution in [0, 0.1) is 0 Å². The van der Waals surface area contributed by atoms with Gasteiger partial charge >= 0.3 is 0 Å². The number of nitrogens with zero attached hydrogens (tertiary/aromatic N) is 3. The summed E-state index contributed by atoms with van der Waals surface area (Å²) in [5.74, 6) is 0.467. The molecular formula is C29H30N4O4. The summed E-state index contributed by atoms with van der Waals surface area (Å²) in [6, 6.07) is 24.6. The molecule has 3 aromatic carbocycles. The van der Waals surface area contributed by atoms with E-state index >= 15 is 0 Å². The Balaban J connectivity index is 1.44. The Morgan fingerprint density at radius 1 is 0.973 bits per heavy atom. The fourth-order valence-electron chi connectivity index (χ4n) is 4.71. The number of carbonyl (C=O) groups is 1. The monoisotopic (exact) mass is 498 g/mol. The summed E-state index contributed by atoms with van der Waals surface area (Å²) < 4.78 is 12.2. The average molecular weight is 499 g/mol. The van der Waals surface area contributed by atoms with Crippen molar-refractivity contribution in [2.24, 2.45) is 0 Å². The number of hydrogen-bond acceptors (Lipinski definition) is 6. The number of benzene rings is 3. The average Bonchev–Trinajstić information content (AvgIpc) is 2.96. The highest BCUT2D eigenvalue weighted by atomic mass is 16.5. The zero-order chi connectivity index (χ0) is 25.6. The largest absolute Gasteiger partial charge is 0.497 e. The lowest BCUT2D eigenvalue weighted by Crippen LogP contribution is -2.44. The van der Waals surface area contributed by atoms with Gasteiger partial charge in [-0.2, -0.15) is 5.10 Å². The zero-order valence-corrected chi connectivity index (χ0v) is 20.8. The molecule has 37 heavy (non-hydrogen) atoms. The molecule has 1 aliphatic heterocycles. The van der Waals surface area contributed by atoms with Gasteiger partial charge in [-0.15, -0.1) is 0 Å². The molecule has 1 amide bonds. The van der Waals surface area contributed by atoms with Crippen molar-refractivity contribution >= 4 is 16.7 Å². The van der Waals surface area contributed by atoms with Crippen LogP contribution < -0.4 is 15.6 Å². The lowest BCUT2D eigenvalue weighted by atomic mass is 10.0. The minimum atomic E-state index is -0.315. The minimum absolute atomic E-state index is 0.0414. The number of carbonyl (C=O) groups excluding carboxylic acids is 1. The maximum atomic E-state index is 13.5. The second kappa shape index (κ2) is 11.4. The van der Waals surface area contributed by atoms with Crippen molar-refractivity contribution in [1.29, 1.82) is 0 Å². The number of aromatic nitrogens is 2. The first kappa shape index (κ1) is 24.7. The van der Waals surface area contributed by atoms with Gasteiger partial charge in [-0.05, 0) is 29.3 Å². The van der Waals surface area contributed by atoms with E-state index in [-0.39, 0.29) is 29.7 Å². The molecule has 5 rings (SSSR count). The summed E-state index contributed by atoms with van der Waals surface area (Å²) in [6.45, 7) is 3.52. The van der Waals surface area contributed by atoms with E-state index in [0.717, 1.165) is 30.0 Å². The summed E-state index contributed by atoms with van der Waals surface area (Å²) >= 11 is 0. The van der Waals surface area contributed by atoms with E-state index < -0.39 is 0 Å². The first-order valence-corrected chi connectivity index (χ1v) is 12.4. The molecule has 0 radical (unpaired) electrons. The number of rotatable bonds is 8. The Hall–Kier alpha value is -4.01. The SMILES string of the molecule is COc1ccc([C@H](CNC(=O)c2nn(Cc3ccccc3)c(=O)c3ccccc23)N2CCOCC2)cc1. The summed E-state index contributed by atoms with van der Waals surface area (Å²) in [6.07, 6.45) is 0. The third kappa shape index (κ3) is 5.55. The first-order valence-electron chi connectivity index (χ1n) is 12.4. The van der Waals surface area contributed by atoms with Gasteiger partial charge in [-0.25, -0.2) is 4.68 Å². The minimum Gasteiger partial charge on any atom is -0.497 e. The molecule has 0 unspecified atom stereocenters. The van der Waals surface area contributed by atoms with Crippen LogP contribution in [0.5, 0.6) is 5.75 Å². The number of morpholine rings is 1. The van der Waals surface area contributed by atoms with E-state index in [9.17, 15) is 9.59 Å². The Bertz CT molecular complexity index is 1410. The number of nitrogens with one attached hydrogen (secondary N) is 1. The molecule has 1 aliphatic rings. The topological polar surface area (TPSA) is 85.7 Å². The van der Waals surface area contributed by atoms with Crippen LogP contribution in [0.3, 0.4) is 0 Å². The van der Waals surface area contributed by atoms with Crippen molar-refractivity contribution in [1.82, 2.24) is 20.0 Å². The Morgan fingerprint density at radius 3 is 2.35 bits per heavy atom. The molecule has 0 spiro atoms. The molecule has 1 saturated heterocycles. The van der Waals surface area contributed by atoms with Crippen molar-refractivity contribution in [2.75, 3.05) is 40.0 Å². The molecule has 2 heterocycles. The smallest absolute Gasteiger partial charge is 0.274 e. The van der Waals surface area contributed by atoms with E-state index in [1.807, 2.05) is 60.7 Å². The third-order valence-electron chi connectivity index (χ3n) is 6.70. The number of fused-ring (bicyclic) bond motifs is 1. The molecule has 1 aromatic heterocycles. The van der Waals surface area contributed by atoms with Gasteiger partial charge in [0.15, 0.2) is 5.69 Å². The van der Waals surface area contributed by atoms with Gasteiger partial charge in [-0.3, -0.25) is 14.5 Å². The number of ether oxygens (including phenoxy) is 2. The van der Waals surface area contributed by atoms with Crippen LogP contribution in [-0.4, -0.2) is 60.5 Å². The molecule has 190 valence electrons. The van der Waals surface area contributed by atoms with Crippen molar-refractivity contribution in [3.05, 3.63) is 106 Å². The maximum Gasteiger partial charge on any atom is 0.274 e. The normalized spacial score (nSPS) is 14.8. The number of amides is 1. The lowest BCUT2D eigenvalue weighted by Gasteiger charge is -2.35. The maximum absolute atomic E-state index is 13.5. The molecule has 8 heteroatoms. The van der Waals surface area contributed by atoms with E-state index in [4.69, 9.17) is 9.47 Å². The van der Waals surface area contributed by atoms with Gasteiger partial charge in [0.2, 0.25) is 0 Å². The van der Waals surface area contributed by atoms with Gasteiger partial charge in [0.05, 0.1) is 38.3 Å². The quantitative estimate of drug-likeness (QED) is 0.401. The van der Waals surface area contributed by atoms with Gasteiger partial charge < -0.3 is 14.8 Å². The fourth-order valence-corrected chi connectivity index (χ4v) is 4.71. The van der Waals surface area contributed by atoms with Crippen molar-refractivity contribution in [3.63, 3.8) is 0 Å². The Kier molecular flexibility index (Phi) is 7.58. The molecule has 1 atom stereocenters. The second-order valence-corrected chi connectivity index (χ2v) is 8.99. The van der Waals surface area contributed by atoms with Gasteiger partial charge in [0, 0.05) is 25.0 Å². The van der Waals surface area contributed by atoms with E-state index in [1.54, 1.807) is 25.3 Å². The van der Waals surface area contributed by atoms with E-state index in [0.29, 0.717) is 30.5 Å². The summed E-state index contributed by atoms with van der Waals surface area (Å²) in [7, 11) is 1.64. The third-order valence-corrected chi connectivity index (χ3v) is 6.70. The predicted octanol–water partition coefficient (Wildman–Crippen LogP) is 3.26. The van der Waals surface area contributed by atoms with Crippen LogP contribution >= 0.6 is 0 Å². The molecule has 0 saturated carbocycles. The van der Waals surface area contributed by atoms with E-state index in [1.165, 1.54) is 4.68 Å². The predicted molar refractivity (Wildman–Crippen MR) is 142 cm³/mol. The second-order valence-electron chi connectivity index (χ2n) is 8.99. The first-order chi connectivity index (χ1) is 18.1. The number of hydrogen-bond donors (Lipinski definition) is 1. The highest BCUT2D eigenvalue weighted by Crippen LogP contribution is 2.24. The van der Waals surface area contributed by atoms with Gasteiger partial charge in [0.25, 0.3) is 11.5 Å². The van der Waals surface area contributed by atoms with Crippen LogP contribution in [0.1, 0.15) is 27.7 Å². The van der Waals surface area contributed by atoms with Crippen LogP contribution in [0.4, 0.5) is 0 Å². The van der Waals surface area contributed by atoms with Crippen LogP contribution in [0.15, 0.2) is 83.7 Å². The molecular weight excluding hydrogens is 468 g/mol. The van der Waals surface area contributed by atoms with Crippen LogP contribution in [0.2, 0.25) is 0 Å². The van der Waals surface area contributed by atoms with Crippen molar-refractivity contribution < 1.29 is 14.3 Å². The zero-order valence-electron chi connectivity index (χ0n) is 20.8. The summed E-state index contributed by atoms with van der Waals surface area (Å²) in [5, 5.41) is 8.63. The van der Waals surface area contributed by atoms with Crippen molar-refractivity contribution in [3.8, 4) is 5.75 Å². The lowest BCUT2D eigenvalue weighted by molar-refractivity contribution is 0.0162. The number of methoxy groups -OCH3 is 1. The molecule has 1 N–H and O–H groups in total. The van der Waals surface area contributed by atoms with Crippen LogP contribution in [-0.2, 0) is 11.3 Å². The Morgan fingerprint density at radius 2 is 1.65 bits per heavy atom. The Labute approximate surface area is 215 Å². The molecule has 0 bridgehead atoms. The summed E-state index contributed by atoms with van der Waals surface area (Å²) in [4.78, 5) is 29.0. The highest BCUT2D eigenvalue weighted by molar-refractivity contribution is 6.04.